The minimum absolute atomic E-state index is 0.293. The SMILES string of the molecule is CC(C)(C)N(CC(=O)O)C(=O)c1c(O)cccc1O. The van der Waals surface area contributed by atoms with Crippen LogP contribution in [0.1, 0.15) is 31.1 Å². The maximum atomic E-state index is 12.3. The lowest BCUT2D eigenvalue weighted by molar-refractivity contribution is -0.138. The van der Waals surface area contributed by atoms with Crippen LogP contribution in [0.5, 0.6) is 11.5 Å². The Morgan fingerprint density at radius 1 is 1.16 bits per heavy atom. The molecule has 0 fully saturated rings. The van der Waals surface area contributed by atoms with Gasteiger partial charge in [0.15, 0.2) is 0 Å². The Bertz CT molecular complexity index is 484. The molecule has 0 aromatic heterocycles. The highest BCUT2D eigenvalue weighted by molar-refractivity contribution is 6.01. The predicted molar refractivity (Wildman–Crippen MR) is 68.2 cm³/mol. The molecule has 0 saturated carbocycles. The summed E-state index contributed by atoms with van der Waals surface area (Å²) in [5.74, 6) is -2.67. The van der Waals surface area contributed by atoms with E-state index < -0.39 is 24.0 Å². The molecule has 0 aliphatic heterocycles. The van der Waals surface area contributed by atoms with Crippen LogP contribution in [-0.4, -0.2) is 44.2 Å². The third-order valence-electron chi connectivity index (χ3n) is 2.58. The van der Waals surface area contributed by atoms with Crippen LogP contribution in [0.2, 0.25) is 0 Å². The fourth-order valence-electron chi connectivity index (χ4n) is 1.63. The van der Waals surface area contributed by atoms with E-state index in [1.54, 1.807) is 20.8 Å². The van der Waals surface area contributed by atoms with Crippen LogP contribution in [0, 0.1) is 0 Å². The van der Waals surface area contributed by atoms with Crippen molar-refractivity contribution in [2.24, 2.45) is 0 Å². The molecule has 1 rings (SSSR count). The van der Waals surface area contributed by atoms with Gasteiger partial charge in [0.25, 0.3) is 5.91 Å². The summed E-state index contributed by atoms with van der Waals surface area (Å²) < 4.78 is 0. The largest absolute Gasteiger partial charge is 0.507 e. The highest BCUT2D eigenvalue weighted by atomic mass is 16.4. The number of carbonyl (C=O) groups is 2. The molecule has 19 heavy (non-hydrogen) atoms. The summed E-state index contributed by atoms with van der Waals surface area (Å²) in [6.07, 6.45) is 0. The smallest absolute Gasteiger partial charge is 0.323 e. The van der Waals surface area contributed by atoms with Gasteiger partial charge in [0.2, 0.25) is 0 Å². The zero-order valence-corrected chi connectivity index (χ0v) is 11.0. The maximum absolute atomic E-state index is 12.3. The summed E-state index contributed by atoms with van der Waals surface area (Å²) in [6, 6.07) is 3.91. The van der Waals surface area contributed by atoms with E-state index in [0.717, 1.165) is 4.90 Å². The van der Waals surface area contributed by atoms with Gasteiger partial charge in [0.1, 0.15) is 23.6 Å². The topological polar surface area (TPSA) is 98.1 Å². The highest BCUT2D eigenvalue weighted by Crippen LogP contribution is 2.29. The van der Waals surface area contributed by atoms with Crippen molar-refractivity contribution in [3.63, 3.8) is 0 Å². The molecular formula is C13H17NO5. The number of carboxylic acid groups (broad SMARTS) is 1. The molecule has 0 saturated heterocycles. The van der Waals surface area contributed by atoms with E-state index in [9.17, 15) is 19.8 Å². The number of benzene rings is 1. The molecule has 6 nitrogen and oxygen atoms in total. The van der Waals surface area contributed by atoms with E-state index in [1.807, 2.05) is 0 Å². The molecular weight excluding hydrogens is 250 g/mol. The Balaban J connectivity index is 3.24. The maximum Gasteiger partial charge on any atom is 0.323 e. The average molecular weight is 267 g/mol. The minimum atomic E-state index is -1.17. The predicted octanol–water partition coefficient (Wildman–Crippen LogP) is 1.42. The quantitative estimate of drug-likeness (QED) is 0.769. The van der Waals surface area contributed by atoms with E-state index in [2.05, 4.69) is 0 Å². The molecule has 6 heteroatoms. The van der Waals surface area contributed by atoms with Gasteiger partial charge in [-0.2, -0.15) is 0 Å². The molecule has 1 amide bonds. The molecule has 1 aromatic carbocycles. The lowest BCUT2D eigenvalue weighted by atomic mass is 10.0. The van der Waals surface area contributed by atoms with Crippen molar-refractivity contribution in [2.75, 3.05) is 6.54 Å². The monoisotopic (exact) mass is 267 g/mol. The normalized spacial score (nSPS) is 11.1. The zero-order valence-electron chi connectivity index (χ0n) is 11.0. The molecule has 104 valence electrons. The molecule has 0 radical (unpaired) electrons. The van der Waals surface area contributed by atoms with Gasteiger partial charge >= 0.3 is 5.97 Å². The van der Waals surface area contributed by atoms with Crippen molar-refractivity contribution in [2.45, 2.75) is 26.3 Å². The number of aliphatic carboxylic acids is 1. The number of hydrogen-bond donors (Lipinski definition) is 3. The zero-order chi connectivity index (χ0) is 14.8. The molecule has 0 heterocycles. The molecule has 0 aliphatic carbocycles. The minimum Gasteiger partial charge on any atom is -0.507 e. The number of phenols is 2. The summed E-state index contributed by atoms with van der Waals surface area (Å²) in [5, 5.41) is 28.2. The Labute approximate surface area is 110 Å². The average Bonchev–Trinajstić information content (AvgIpc) is 2.23. The molecule has 0 aliphatic rings. The van der Waals surface area contributed by atoms with Crippen LogP contribution in [0.3, 0.4) is 0 Å². The highest BCUT2D eigenvalue weighted by Gasteiger charge is 2.32. The lowest BCUT2D eigenvalue weighted by Gasteiger charge is -2.34. The number of hydrogen-bond acceptors (Lipinski definition) is 4. The number of rotatable bonds is 3. The molecule has 3 N–H and O–H groups in total. The van der Waals surface area contributed by atoms with Crippen molar-refractivity contribution >= 4 is 11.9 Å². The van der Waals surface area contributed by atoms with E-state index in [0.29, 0.717) is 0 Å². The first-order valence-electron chi connectivity index (χ1n) is 5.69. The van der Waals surface area contributed by atoms with Crippen LogP contribution < -0.4 is 0 Å². The van der Waals surface area contributed by atoms with E-state index >= 15 is 0 Å². The van der Waals surface area contributed by atoms with E-state index in [-0.39, 0.29) is 17.1 Å². The molecule has 0 atom stereocenters. The fourth-order valence-corrected chi connectivity index (χ4v) is 1.63. The first-order chi connectivity index (χ1) is 8.64. The van der Waals surface area contributed by atoms with Gasteiger partial charge in [-0.25, -0.2) is 0 Å². The van der Waals surface area contributed by atoms with Gasteiger partial charge in [-0.15, -0.1) is 0 Å². The number of nitrogens with zero attached hydrogens (tertiary/aromatic N) is 1. The van der Waals surface area contributed by atoms with Gasteiger partial charge < -0.3 is 20.2 Å². The number of aromatic hydroxyl groups is 2. The van der Waals surface area contributed by atoms with Crippen molar-refractivity contribution in [3.05, 3.63) is 23.8 Å². The van der Waals surface area contributed by atoms with Crippen molar-refractivity contribution in [1.82, 2.24) is 4.90 Å². The van der Waals surface area contributed by atoms with E-state index in [4.69, 9.17) is 5.11 Å². The second-order valence-corrected chi connectivity index (χ2v) is 5.13. The van der Waals surface area contributed by atoms with Crippen molar-refractivity contribution in [1.29, 1.82) is 0 Å². The number of carbonyl (C=O) groups excluding carboxylic acids is 1. The summed E-state index contributed by atoms with van der Waals surface area (Å²) >= 11 is 0. The summed E-state index contributed by atoms with van der Waals surface area (Å²) in [7, 11) is 0. The fraction of sp³-hybridized carbons (Fsp3) is 0.385. The van der Waals surface area contributed by atoms with Gasteiger partial charge in [0, 0.05) is 5.54 Å². The van der Waals surface area contributed by atoms with Gasteiger partial charge in [0.05, 0.1) is 0 Å². The number of amides is 1. The second-order valence-electron chi connectivity index (χ2n) is 5.13. The Hall–Kier alpha value is -2.24. The van der Waals surface area contributed by atoms with Gasteiger partial charge in [-0.3, -0.25) is 9.59 Å². The molecule has 0 spiro atoms. The van der Waals surface area contributed by atoms with Gasteiger partial charge in [-0.1, -0.05) is 6.07 Å². The first kappa shape index (κ1) is 14.8. The molecule has 0 bridgehead atoms. The Morgan fingerprint density at radius 2 is 1.63 bits per heavy atom. The van der Waals surface area contributed by atoms with Crippen LogP contribution in [0.4, 0.5) is 0 Å². The summed E-state index contributed by atoms with van der Waals surface area (Å²) in [6.45, 7) is 4.50. The third-order valence-corrected chi connectivity index (χ3v) is 2.58. The van der Waals surface area contributed by atoms with Crippen molar-refractivity contribution in [3.8, 4) is 11.5 Å². The van der Waals surface area contributed by atoms with Gasteiger partial charge in [-0.05, 0) is 32.9 Å². The lowest BCUT2D eigenvalue weighted by Crippen LogP contribution is -2.48. The second kappa shape index (κ2) is 5.17. The molecule has 0 unspecified atom stereocenters. The first-order valence-corrected chi connectivity index (χ1v) is 5.69. The van der Waals surface area contributed by atoms with Crippen molar-refractivity contribution < 1.29 is 24.9 Å². The van der Waals surface area contributed by atoms with E-state index in [1.165, 1.54) is 18.2 Å². The Kier molecular flexibility index (Phi) is 4.04. The number of phenolic OH excluding ortho intramolecular Hbond substituents is 2. The third kappa shape index (κ3) is 3.37. The standard InChI is InChI=1S/C13H17NO5/c1-13(2,3)14(7-10(17)18)12(19)11-8(15)5-4-6-9(11)16/h4-6,15-16H,7H2,1-3H3,(H,17,18). The van der Waals surface area contributed by atoms with Crippen LogP contribution >= 0.6 is 0 Å². The molecule has 1 aromatic rings. The van der Waals surface area contributed by atoms with Crippen LogP contribution in [0.15, 0.2) is 18.2 Å². The van der Waals surface area contributed by atoms with Crippen LogP contribution in [-0.2, 0) is 4.79 Å². The summed E-state index contributed by atoms with van der Waals surface area (Å²) in [4.78, 5) is 24.2. The summed E-state index contributed by atoms with van der Waals surface area (Å²) in [5.41, 5.74) is -1.05. The van der Waals surface area contributed by atoms with Crippen LogP contribution in [0.25, 0.3) is 0 Å². The Morgan fingerprint density at radius 3 is 2.00 bits per heavy atom. The number of carboxylic acids is 1.